The second kappa shape index (κ2) is 5.88. The lowest BCUT2D eigenvalue weighted by Crippen LogP contribution is -2.29. The molecule has 0 amide bonds. The van der Waals surface area contributed by atoms with Crippen LogP contribution in [0.15, 0.2) is 28.7 Å². The highest BCUT2D eigenvalue weighted by Gasteiger charge is 2.09. The van der Waals surface area contributed by atoms with E-state index in [1.165, 1.54) is 0 Å². The van der Waals surface area contributed by atoms with Crippen molar-refractivity contribution in [2.45, 2.75) is 26.1 Å². The molecule has 0 spiro atoms. The van der Waals surface area contributed by atoms with Crippen LogP contribution >= 0.6 is 15.9 Å². The summed E-state index contributed by atoms with van der Waals surface area (Å²) >= 11 is 3.39. The zero-order valence-electron chi connectivity index (χ0n) is 8.66. The Morgan fingerprint density at radius 1 is 1.60 bits per heavy atom. The summed E-state index contributed by atoms with van der Waals surface area (Å²) in [4.78, 5) is 0. The van der Waals surface area contributed by atoms with Crippen LogP contribution in [-0.2, 0) is 11.3 Å². The lowest BCUT2D eigenvalue weighted by molar-refractivity contribution is 0.0808. The van der Waals surface area contributed by atoms with Gasteiger partial charge >= 0.3 is 0 Å². The number of amidine groups is 1. The van der Waals surface area contributed by atoms with Gasteiger partial charge < -0.3 is 10.5 Å². The van der Waals surface area contributed by atoms with Gasteiger partial charge in [-0.1, -0.05) is 35.0 Å². The Labute approximate surface area is 98.3 Å². The van der Waals surface area contributed by atoms with Crippen molar-refractivity contribution < 1.29 is 4.74 Å². The molecule has 0 bridgehead atoms. The fourth-order valence-electron chi connectivity index (χ4n) is 1.25. The number of hydrogen-bond donors (Lipinski definition) is 2. The van der Waals surface area contributed by atoms with E-state index in [0.717, 1.165) is 16.5 Å². The van der Waals surface area contributed by atoms with Crippen molar-refractivity contribution >= 4 is 21.8 Å². The van der Waals surface area contributed by atoms with Crippen LogP contribution in [0.5, 0.6) is 0 Å². The molecule has 1 rings (SSSR count). The lowest BCUT2D eigenvalue weighted by Gasteiger charge is -2.14. The van der Waals surface area contributed by atoms with Crippen LogP contribution in [0.1, 0.15) is 18.9 Å². The van der Waals surface area contributed by atoms with Gasteiger partial charge in [0.2, 0.25) is 0 Å². The standard InChI is InChI=1S/C11H15BrN2O/c1-2-10(11(13)14)15-7-8-4-3-5-9(12)6-8/h3-6,10H,2,7H2,1H3,(H3,13,14). The zero-order chi connectivity index (χ0) is 11.3. The summed E-state index contributed by atoms with van der Waals surface area (Å²) in [5.41, 5.74) is 6.46. The summed E-state index contributed by atoms with van der Waals surface area (Å²) in [6.45, 7) is 2.44. The van der Waals surface area contributed by atoms with Gasteiger partial charge in [0, 0.05) is 4.47 Å². The van der Waals surface area contributed by atoms with Gasteiger partial charge in [-0.15, -0.1) is 0 Å². The molecule has 4 heteroatoms. The SMILES string of the molecule is CCC(OCc1cccc(Br)c1)C(=N)N. The van der Waals surface area contributed by atoms with Gasteiger partial charge in [0.05, 0.1) is 6.61 Å². The van der Waals surface area contributed by atoms with E-state index in [1.54, 1.807) is 0 Å². The molecule has 0 aliphatic rings. The van der Waals surface area contributed by atoms with E-state index in [-0.39, 0.29) is 11.9 Å². The molecule has 0 aromatic heterocycles. The summed E-state index contributed by atoms with van der Waals surface area (Å²) in [6, 6.07) is 7.90. The summed E-state index contributed by atoms with van der Waals surface area (Å²) in [7, 11) is 0. The molecule has 0 fully saturated rings. The Morgan fingerprint density at radius 3 is 2.87 bits per heavy atom. The van der Waals surface area contributed by atoms with E-state index in [9.17, 15) is 0 Å². The molecule has 1 unspecified atom stereocenters. The molecular formula is C11H15BrN2O. The third-order valence-corrected chi connectivity index (χ3v) is 2.55. The smallest absolute Gasteiger partial charge is 0.120 e. The molecule has 0 saturated heterocycles. The van der Waals surface area contributed by atoms with E-state index in [4.69, 9.17) is 15.9 Å². The summed E-state index contributed by atoms with van der Waals surface area (Å²) in [5, 5.41) is 7.30. The minimum atomic E-state index is -0.274. The van der Waals surface area contributed by atoms with Gasteiger partial charge in [0.15, 0.2) is 0 Å². The molecule has 1 aromatic rings. The van der Waals surface area contributed by atoms with Crippen LogP contribution in [0.25, 0.3) is 0 Å². The van der Waals surface area contributed by atoms with Crippen molar-refractivity contribution in [2.75, 3.05) is 0 Å². The highest BCUT2D eigenvalue weighted by atomic mass is 79.9. The van der Waals surface area contributed by atoms with Crippen LogP contribution in [0.4, 0.5) is 0 Å². The van der Waals surface area contributed by atoms with E-state index in [1.807, 2.05) is 31.2 Å². The minimum absolute atomic E-state index is 0.0903. The Balaban J connectivity index is 2.52. The molecule has 1 atom stereocenters. The maximum atomic E-state index is 7.30. The van der Waals surface area contributed by atoms with Gasteiger partial charge in [0.25, 0.3) is 0 Å². The van der Waals surface area contributed by atoms with Gasteiger partial charge in [-0.25, -0.2) is 0 Å². The normalized spacial score (nSPS) is 12.4. The summed E-state index contributed by atoms with van der Waals surface area (Å²) in [6.07, 6.45) is 0.451. The second-order valence-corrected chi connectivity index (χ2v) is 4.21. The molecule has 0 aliphatic carbocycles. The molecule has 1 aromatic carbocycles. The van der Waals surface area contributed by atoms with Crippen molar-refractivity contribution in [3.8, 4) is 0 Å². The maximum Gasteiger partial charge on any atom is 0.120 e. The van der Waals surface area contributed by atoms with Gasteiger partial charge in [-0.3, -0.25) is 5.41 Å². The zero-order valence-corrected chi connectivity index (χ0v) is 10.3. The van der Waals surface area contributed by atoms with E-state index < -0.39 is 0 Å². The molecule has 0 aliphatic heterocycles. The molecule has 15 heavy (non-hydrogen) atoms. The molecule has 0 radical (unpaired) electrons. The number of nitrogens with two attached hydrogens (primary N) is 1. The van der Waals surface area contributed by atoms with Crippen LogP contribution in [0.2, 0.25) is 0 Å². The maximum absolute atomic E-state index is 7.30. The number of hydrogen-bond acceptors (Lipinski definition) is 2. The molecular weight excluding hydrogens is 256 g/mol. The third-order valence-electron chi connectivity index (χ3n) is 2.06. The Morgan fingerprint density at radius 2 is 2.33 bits per heavy atom. The fraction of sp³-hybridized carbons (Fsp3) is 0.364. The molecule has 82 valence electrons. The highest BCUT2D eigenvalue weighted by Crippen LogP contribution is 2.13. The lowest BCUT2D eigenvalue weighted by atomic mass is 10.2. The van der Waals surface area contributed by atoms with Crippen LogP contribution in [0, 0.1) is 5.41 Å². The first-order valence-electron chi connectivity index (χ1n) is 4.83. The van der Waals surface area contributed by atoms with E-state index in [2.05, 4.69) is 15.9 Å². The number of rotatable bonds is 5. The van der Waals surface area contributed by atoms with E-state index >= 15 is 0 Å². The first-order valence-corrected chi connectivity index (χ1v) is 5.62. The number of halogens is 1. The van der Waals surface area contributed by atoms with Crippen LogP contribution in [-0.4, -0.2) is 11.9 Å². The highest BCUT2D eigenvalue weighted by molar-refractivity contribution is 9.10. The van der Waals surface area contributed by atoms with Crippen LogP contribution in [0.3, 0.4) is 0 Å². The van der Waals surface area contributed by atoms with Crippen LogP contribution < -0.4 is 5.73 Å². The second-order valence-electron chi connectivity index (χ2n) is 3.29. The Hall–Kier alpha value is -0.870. The van der Waals surface area contributed by atoms with Crippen molar-refractivity contribution in [1.82, 2.24) is 0 Å². The van der Waals surface area contributed by atoms with Crippen molar-refractivity contribution in [3.05, 3.63) is 34.3 Å². The van der Waals surface area contributed by atoms with Crippen molar-refractivity contribution in [1.29, 1.82) is 5.41 Å². The molecule has 0 saturated carbocycles. The number of benzene rings is 1. The fourth-order valence-corrected chi connectivity index (χ4v) is 1.70. The topological polar surface area (TPSA) is 59.1 Å². The van der Waals surface area contributed by atoms with Gasteiger partial charge in [-0.05, 0) is 24.1 Å². The number of ether oxygens (including phenoxy) is 1. The monoisotopic (exact) mass is 270 g/mol. The predicted molar refractivity (Wildman–Crippen MR) is 64.9 cm³/mol. The largest absolute Gasteiger partial charge is 0.385 e. The summed E-state index contributed by atoms with van der Waals surface area (Å²) in [5.74, 6) is 0.0903. The quantitative estimate of drug-likeness (QED) is 0.639. The van der Waals surface area contributed by atoms with E-state index in [0.29, 0.717) is 6.61 Å². The minimum Gasteiger partial charge on any atom is -0.385 e. The Bertz CT molecular complexity index is 341. The average molecular weight is 271 g/mol. The molecule has 3 nitrogen and oxygen atoms in total. The average Bonchev–Trinajstić information content (AvgIpc) is 2.18. The predicted octanol–water partition coefficient (Wildman–Crippen LogP) is 2.68. The third kappa shape index (κ3) is 4.01. The summed E-state index contributed by atoms with van der Waals surface area (Å²) < 4.78 is 6.55. The first-order chi connectivity index (χ1) is 7.13. The van der Waals surface area contributed by atoms with Gasteiger partial charge in [-0.2, -0.15) is 0 Å². The first kappa shape index (κ1) is 12.2. The van der Waals surface area contributed by atoms with Gasteiger partial charge in [0.1, 0.15) is 11.9 Å². The van der Waals surface area contributed by atoms with Crippen molar-refractivity contribution in [3.63, 3.8) is 0 Å². The van der Waals surface area contributed by atoms with Crippen molar-refractivity contribution in [2.24, 2.45) is 5.73 Å². The molecule has 0 heterocycles. The Kier molecular flexibility index (Phi) is 4.78. The molecule has 3 N–H and O–H groups in total. The number of nitrogens with one attached hydrogen (secondary N) is 1.